The van der Waals surface area contributed by atoms with Crippen LogP contribution in [-0.2, 0) is 33.3 Å². The summed E-state index contributed by atoms with van der Waals surface area (Å²) in [6.45, 7) is -0.938. The summed E-state index contributed by atoms with van der Waals surface area (Å²) in [7, 11) is 2.21. The first kappa shape index (κ1) is 20.5. The number of carboxylic acids is 1. The molecule has 0 aliphatic heterocycles. The van der Waals surface area contributed by atoms with Crippen LogP contribution in [0.3, 0.4) is 0 Å². The van der Waals surface area contributed by atoms with Gasteiger partial charge in [0.2, 0.25) is 6.79 Å². The molecule has 1 unspecified atom stereocenters. The Morgan fingerprint density at radius 3 is 2.09 bits per heavy atom. The number of carbonyl (C=O) groups is 4. The number of carboxylic acid groups (broad SMARTS) is 1. The fourth-order valence-electron chi connectivity index (χ4n) is 1.48. The van der Waals surface area contributed by atoms with Gasteiger partial charge in [0.25, 0.3) is 0 Å². The molecule has 0 aromatic heterocycles. The van der Waals surface area contributed by atoms with Crippen LogP contribution in [0.5, 0.6) is 0 Å². The van der Waals surface area contributed by atoms with Crippen LogP contribution >= 0.6 is 0 Å². The lowest BCUT2D eigenvalue weighted by atomic mass is 10.0. The minimum Gasteiger partial charge on any atom is -0.481 e. The van der Waals surface area contributed by atoms with Gasteiger partial charge in [0.15, 0.2) is 0 Å². The van der Waals surface area contributed by atoms with E-state index in [2.05, 4.69) is 14.2 Å². The second-order valence-corrected chi connectivity index (χ2v) is 4.28. The quantitative estimate of drug-likeness (QED) is 0.269. The Labute approximate surface area is 132 Å². The van der Waals surface area contributed by atoms with Crippen molar-refractivity contribution in [1.29, 1.82) is 0 Å². The molecule has 10 nitrogen and oxygen atoms in total. The molecular formula is C13H20O10. The predicted octanol–water partition coefficient (Wildman–Crippen LogP) is 1.31. The van der Waals surface area contributed by atoms with Gasteiger partial charge in [0.1, 0.15) is 6.61 Å². The molecule has 0 fully saturated rings. The molecule has 0 aromatic rings. The molecule has 0 aliphatic rings. The van der Waals surface area contributed by atoms with Gasteiger partial charge in [-0.1, -0.05) is 6.42 Å². The SMILES string of the molecule is COC(=O)OCOC(=O)C(CCCCC(=O)O)COC(=O)OC. The third-order valence-electron chi connectivity index (χ3n) is 2.64. The summed E-state index contributed by atoms with van der Waals surface area (Å²) in [5.74, 6) is -2.53. The Morgan fingerprint density at radius 1 is 0.913 bits per heavy atom. The Bertz CT molecular complexity index is 406. The third-order valence-corrected chi connectivity index (χ3v) is 2.64. The number of hydrogen-bond acceptors (Lipinski definition) is 9. The number of esters is 1. The molecule has 0 aliphatic carbocycles. The van der Waals surface area contributed by atoms with E-state index in [1.807, 2.05) is 0 Å². The van der Waals surface area contributed by atoms with Crippen molar-refractivity contribution >= 4 is 24.2 Å². The molecule has 0 bridgehead atoms. The van der Waals surface area contributed by atoms with E-state index in [9.17, 15) is 19.2 Å². The Kier molecular flexibility index (Phi) is 10.7. The van der Waals surface area contributed by atoms with Crippen molar-refractivity contribution < 1.29 is 48.0 Å². The van der Waals surface area contributed by atoms with Gasteiger partial charge < -0.3 is 28.8 Å². The zero-order valence-corrected chi connectivity index (χ0v) is 12.9. The first-order valence-electron chi connectivity index (χ1n) is 6.70. The highest BCUT2D eigenvalue weighted by atomic mass is 16.8. The molecule has 132 valence electrons. The van der Waals surface area contributed by atoms with E-state index in [1.165, 1.54) is 0 Å². The number of methoxy groups -OCH3 is 2. The summed E-state index contributed by atoms with van der Waals surface area (Å²) in [4.78, 5) is 43.9. The minimum atomic E-state index is -1.01. The number of carbonyl (C=O) groups excluding carboxylic acids is 3. The highest BCUT2D eigenvalue weighted by Crippen LogP contribution is 2.13. The summed E-state index contributed by atoms with van der Waals surface area (Å²) in [5.41, 5.74) is 0. The molecule has 0 heterocycles. The van der Waals surface area contributed by atoms with Crippen LogP contribution in [-0.4, -0.2) is 57.0 Å². The van der Waals surface area contributed by atoms with E-state index in [0.717, 1.165) is 14.2 Å². The van der Waals surface area contributed by atoms with Crippen LogP contribution in [0.1, 0.15) is 25.7 Å². The minimum absolute atomic E-state index is 0.0366. The molecule has 1 N–H and O–H groups in total. The lowest BCUT2D eigenvalue weighted by molar-refractivity contribution is -0.159. The fourth-order valence-corrected chi connectivity index (χ4v) is 1.48. The van der Waals surface area contributed by atoms with Gasteiger partial charge in [-0.25, -0.2) is 9.59 Å². The van der Waals surface area contributed by atoms with Crippen molar-refractivity contribution in [3.05, 3.63) is 0 Å². The maximum atomic E-state index is 11.8. The lowest BCUT2D eigenvalue weighted by Gasteiger charge is -2.15. The predicted molar refractivity (Wildman–Crippen MR) is 72.4 cm³/mol. The topological polar surface area (TPSA) is 135 Å². The van der Waals surface area contributed by atoms with Gasteiger partial charge in [-0.3, -0.25) is 9.59 Å². The van der Waals surface area contributed by atoms with Crippen molar-refractivity contribution in [3.8, 4) is 0 Å². The molecule has 0 spiro atoms. The maximum Gasteiger partial charge on any atom is 0.510 e. The Balaban J connectivity index is 4.31. The lowest BCUT2D eigenvalue weighted by Crippen LogP contribution is -2.26. The van der Waals surface area contributed by atoms with Crippen LogP contribution < -0.4 is 0 Å². The Hall–Kier alpha value is -2.52. The molecule has 0 rings (SSSR count). The molecule has 0 saturated carbocycles. The van der Waals surface area contributed by atoms with Gasteiger partial charge in [-0.05, 0) is 12.8 Å². The van der Waals surface area contributed by atoms with Gasteiger partial charge in [0, 0.05) is 6.42 Å². The van der Waals surface area contributed by atoms with E-state index < -0.39 is 37.0 Å². The summed E-state index contributed by atoms with van der Waals surface area (Å²) >= 11 is 0. The molecule has 0 amide bonds. The second kappa shape index (κ2) is 12.1. The van der Waals surface area contributed by atoms with Gasteiger partial charge in [0.05, 0.1) is 20.1 Å². The van der Waals surface area contributed by atoms with Crippen LogP contribution in [0.25, 0.3) is 0 Å². The normalized spacial score (nSPS) is 11.0. The van der Waals surface area contributed by atoms with Crippen LogP contribution in [0.4, 0.5) is 9.59 Å². The first-order chi connectivity index (χ1) is 10.9. The van der Waals surface area contributed by atoms with E-state index in [0.29, 0.717) is 12.8 Å². The molecule has 1 atom stereocenters. The van der Waals surface area contributed by atoms with Crippen molar-refractivity contribution in [2.45, 2.75) is 25.7 Å². The fraction of sp³-hybridized carbons (Fsp3) is 0.692. The zero-order valence-electron chi connectivity index (χ0n) is 12.9. The summed E-state index contributed by atoms with van der Waals surface area (Å²) in [6, 6.07) is 0. The van der Waals surface area contributed by atoms with Gasteiger partial charge in [-0.2, -0.15) is 0 Å². The summed E-state index contributed by atoms with van der Waals surface area (Å²) in [5, 5.41) is 8.55. The second-order valence-electron chi connectivity index (χ2n) is 4.28. The molecule has 0 saturated heterocycles. The van der Waals surface area contributed by atoms with Crippen LogP contribution in [0.2, 0.25) is 0 Å². The van der Waals surface area contributed by atoms with E-state index in [1.54, 1.807) is 0 Å². The monoisotopic (exact) mass is 336 g/mol. The molecule has 0 aromatic carbocycles. The zero-order chi connectivity index (χ0) is 17.7. The highest BCUT2D eigenvalue weighted by Gasteiger charge is 2.22. The van der Waals surface area contributed by atoms with E-state index in [-0.39, 0.29) is 19.4 Å². The Morgan fingerprint density at radius 2 is 1.52 bits per heavy atom. The molecule has 10 heteroatoms. The average molecular weight is 336 g/mol. The van der Waals surface area contributed by atoms with Crippen LogP contribution in [0, 0.1) is 5.92 Å². The van der Waals surface area contributed by atoms with E-state index >= 15 is 0 Å². The standard InChI is InChI=1S/C13H20O10/c1-19-12(17)21-7-9(5-3-4-6-10(14)15)11(16)22-8-23-13(18)20-2/h9H,3-8H2,1-2H3,(H,14,15). The first-order valence-corrected chi connectivity index (χ1v) is 6.70. The van der Waals surface area contributed by atoms with Crippen molar-refractivity contribution in [2.24, 2.45) is 5.92 Å². The number of hydrogen-bond donors (Lipinski definition) is 1. The molecule has 0 radical (unpaired) electrons. The van der Waals surface area contributed by atoms with Crippen molar-refractivity contribution in [1.82, 2.24) is 0 Å². The van der Waals surface area contributed by atoms with Crippen LogP contribution in [0.15, 0.2) is 0 Å². The van der Waals surface area contributed by atoms with E-state index in [4.69, 9.17) is 14.6 Å². The van der Waals surface area contributed by atoms with Gasteiger partial charge >= 0.3 is 24.2 Å². The highest BCUT2D eigenvalue weighted by molar-refractivity contribution is 5.73. The third kappa shape index (κ3) is 10.8. The molecular weight excluding hydrogens is 316 g/mol. The smallest absolute Gasteiger partial charge is 0.481 e. The number of ether oxygens (including phenoxy) is 5. The maximum absolute atomic E-state index is 11.8. The summed E-state index contributed by atoms with van der Waals surface area (Å²) < 4.78 is 22.3. The van der Waals surface area contributed by atoms with Crippen molar-refractivity contribution in [2.75, 3.05) is 27.6 Å². The largest absolute Gasteiger partial charge is 0.510 e. The average Bonchev–Trinajstić information content (AvgIpc) is 2.52. The molecule has 23 heavy (non-hydrogen) atoms. The number of aliphatic carboxylic acids is 1. The number of unbranched alkanes of at least 4 members (excludes halogenated alkanes) is 1. The number of rotatable bonds is 10. The van der Waals surface area contributed by atoms with Crippen molar-refractivity contribution in [3.63, 3.8) is 0 Å². The summed E-state index contributed by atoms with van der Waals surface area (Å²) in [6.07, 6.45) is -1.00. The van der Waals surface area contributed by atoms with Gasteiger partial charge in [-0.15, -0.1) is 0 Å².